The normalized spacial score (nSPS) is 17.3. The molecule has 0 aliphatic carbocycles. The highest BCUT2D eigenvalue weighted by atomic mass is 16.5. The van der Waals surface area contributed by atoms with E-state index in [-0.39, 0.29) is 11.8 Å². The Labute approximate surface area is 171 Å². The van der Waals surface area contributed by atoms with E-state index in [4.69, 9.17) is 9.84 Å². The molecular weight excluding hydrogens is 366 g/mol. The van der Waals surface area contributed by atoms with Crippen LogP contribution in [0.15, 0.2) is 30.3 Å². The third-order valence-corrected chi connectivity index (χ3v) is 5.68. The number of carbonyl (C=O) groups is 1. The van der Waals surface area contributed by atoms with Crippen molar-refractivity contribution in [2.24, 2.45) is 7.05 Å². The average Bonchev–Trinajstić information content (AvgIpc) is 3.31. The summed E-state index contributed by atoms with van der Waals surface area (Å²) in [7, 11) is 7.76. The first kappa shape index (κ1) is 19.5. The van der Waals surface area contributed by atoms with Crippen LogP contribution in [0.25, 0.3) is 10.9 Å². The number of methoxy groups -OCH3 is 1. The van der Waals surface area contributed by atoms with Gasteiger partial charge in [-0.15, -0.1) is 0 Å². The molecule has 2 aromatic heterocycles. The van der Waals surface area contributed by atoms with Gasteiger partial charge in [-0.2, -0.15) is 5.10 Å². The van der Waals surface area contributed by atoms with Crippen LogP contribution < -0.4 is 4.74 Å². The third-order valence-electron chi connectivity index (χ3n) is 5.68. The van der Waals surface area contributed by atoms with Gasteiger partial charge in [0.1, 0.15) is 11.4 Å². The minimum Gasteiger partial charge on any atom is -0.496 e. The van der Waals surface area contributed by atoms with Gasteiger partial charge in [-0.25, -0.2) is 0 Å². The van der Waals surface area contributed by atoms with Crippen molar-refractivity contribution in [2.45, 2.75) is 25.3 Å². The summed E-state index contributed by atoms with van der Waals surface area (Å²) in [4.78, 5) is 20.5. The molecule has 1 amide bonds. The van der Waals surface area contributed by atoms with Crippen LogP contribution in [0.2, 0.25) is 0 Å². The van der Waals surface area contributed by atoms with Crippen molar-refractivity contribution in [3.05, 3.63) is 47.4 Å². The van der Waals surface area contributed by atoms with Crippen molar-refractivity contribution in [3.8, 4) is 5.75 Å². The maximum Gasteiger partial charge on any atom is 0.270 e. The van der Waals surface area contributed by atoms with Crippen molar-refractivity contribution in [1.29, 1.82) is 0 Å². The molecule has 1 aliphatic heterocycles. The summed E-state index contributed by atoms with van der Waals surface area (Å²) < 4.78 is 7.38. The number of hydrogen-bond donors (Lipinski definition) is 1. The van der Waals surface area contributed by atoms with Crippen LogP contribution in [0.5, 0.6) is 5.75 Å². The maximum absolute atomic E-state index is 13.2. The first-order chi connectivity index (χ1) is 14.0. The summed E-state index contributed by atoms with van der Waals surface area (Å²) in [5.74, 6) is 1.09. The molecule has 1 saturated heterocycles. The van der Waals surface area contributed by atoms with Gasteiger partial charge in [-0.3, -0.25) is 9.48 Å². The smallest absolute Gasteiger partial charge is 0.270 e. The summed E-state index contributed by atoms with van der Waals surface area (Å²) in [6.45, 7) is 2.33. The molecule has 3 aromatic rings. The number of rotatable bonds is 5. The number of ether oxygens (including phenoxy) is 1. The number of aromatic amines is 1. The highest BCUT2D eigenvalue weighted by molar-refractivity contribution is 5.99. The topological polar surface area (TPSA) is 66.4 Å². The molecule has 1 N–H and O–H groups in total. The molecule has 1 fully saturated rings. The minimum absolute atomic E-state index is 0.0393. The van der Waals surface area contributed by atoms with Gasteiger partial charge in [0.2, 0.25) is 0 Å². The monoisotopic (exact) mass is 395 g/mol. The lowest BCUT2D eigenvalue weighted by Gasteiger charge is -2.31. The fraction of sp³-hybridized carbons (Fsp3) is 0.455. The zero-order valence-corrected chi connectivity index (χ0v) is 17.6. The summed E-state index contributed by atoms with van der Waals surface area (Å²) in [5, 5.41) is 5.67. The lowest BCUT2D eigenvalue weighted by molar-refractivity contribution is 0.0701. The van der Waals surface area contributed by atoms with Gasteiger partial charge in [0.05, 0.1) is 18.5 Å². The lowest BCUT2D eigenvalue weighted by Crippen LogP contribution is -2.39. The number of H-pyrrole nitrogens is 1. The van der Waals surface area contributed by atoms with Crippen LogP contribution in [0.3, 0.4) is 0 Å². The number of amides is 1. The predicted octanol–water partition coefficient (Wildman–Crippen LogP) is 2.99. The van der Waals surface area contributed by atoms with E-state index >= 15 is 0 Å². The molecule has 0 radical (unpaired) electrons. The standard InChI is InChI=1S/C22H29N5O2/c1-25(2)14-16-11-19(24-26(16)3)15-7-6-10-27(13-15)22(28)20-12-17-18(23-20)8-5-9-21(17)29-4/h5,8-9,11-12,15,23H,6-7,10,13-14H2,1-4H3/t15-/m1/s1. The van der Waals surface area contributed by atoms with E-state index in [2.05, 4.69) is 30.0 Å². The number of hydrogen-bond acceptors (Lipinski definition) is 4. The van der Waals surface area contributed by atoms with Crippen LogP contribution in [0, 0.1) is 0 Å². The van der Waals surface area contributed by atoms with Gasteiger partial charge in [0.15, 0.2) is 0 Å². The zero-order valence-electron chi connectivity index (χ0n) is 17.6. The largest absolute Gasteiger partial charge is 0.496 e. The predicted molar refractivity (Wildman–Crippen MR) is 113 cm³/mol. The van der Waals surface area contributed by atoms with Crippen molar-refractivity contribution in [3.63, 3.8) is 0 Å². The molecule has 7 heteroatoms. The Morgan fingerprint density at radius 3 is 2.93 bits per heavy atom. The van der Waals surface area contributed by atoms with Crippen molar-refractivity contribution in [1.82, 2.24) is 24.6 Å². The Kier molecular flexibility index (Phi) is 5.32. The molecule has 3 heterocycles. The van der Waals surface area contributed by atoms with Crippen LogP contribution in [0.1, 0.15) is 40.6 Å². The van der Waals surface area contributed by atoms with Gasteiger partial charge >= 0.3 is 0 Å². The second kappa shape index (κ2) is 7.91. The van der Waals surface area contributed by atoms with E-state index in [1.807, 2.05) is 40.9 Å². The molecule has 1 atom stereocenters. The zero-order chi connectivity index (χ0) is 20.5. The second-order valence-corrected chi connectivity index (χ2v) is 8.12. The molecule has 0 bridgehead atoms. The van der Waals surface area contributed by atoms with Gasteiger partial charge in [-0.1, -0.05) is 6.07 Å². The van der Waals surface area contributed by atoms with Gasteiger partial charge in [0.25, 0.3) is 5.91 Å². The first-order valence-electron chi connectivity index (χ1n) is 10.1. The number of fused-ring (bicyclic) bond motifs is 1. The highest BCUT2D eigenvalue weighted by Gasteiger charge is 2.28. The number of likely N-dealkylation sites (tertiary alicyclic amines) is 1. The fourth-order valence-electron chi connectivity index (χ4n) is 4.20. The number of piperidine rings is 1. The van der Waals surface area contributed by atoms with Crippen LogP contribution >= 0.6 is 0 Å². The highest BCUT2D eigenvalue weighted by Crippen LogP contribution is 2.30. The second-order valence-electron chi connectivity index (χ2n) is 8.12. The van der Waals surface area contributed by atoms with E-state index in [0.717, 1.165) is 48.3 Å². The Balaban J connectivity index is 1.53. The summed E-state index contributed by atoms with van der Waals surface area (Å²) >= 11 is 0. The van der Waals surface area contributed by atoms with Gasteiger partial charge in [0, 0.05) is 43.5 Å². The Morgan fingerprint density at radius 2 is 2.17 bits per heavy atom. The lowest BCUT2D eigenvalue weighted by atomic mass is 9.94. The van der Waals surface area contributed by atoms with Crippen molar-refractivity contribution < 1.29 is 9.53 Å². The minimum atomic E-state index is 0.0393. The molecule has 1 aromatic carbocycles. The molecule has 29 heavy (non-hydrogen) atoms. The SMILES string of the molecule is COc1cccc2[nH]c(C(=O)N3CCC[C@@H](c4cc(CN(C)C)n(C)n4)C3)cc12. The first-order valence-corrected chi connectivity index (χ1v) is 10.1. The van der Waals surface area contributed by atoms with Crippen molar-refractivity contribution >= 4 is 16.8 Å². The number of nitrogens with zero attached hydrogens (tertiary/aromatic N) is 4. The quantitative estimate of drug-likeness (QED) is 0.721. The molecule has 1 aliphatic rings. The van der Waals surface area contributed by atoms with E-state index in [9.17, 15) is 4.79 Å². The van der Waals surface area contributed by atoms with E-state index in [1.165, 1.54) is 5.69 Å². The van der Waals surface area contributed by atoms with Crippen molar-refractivity contribution in [2.75, 3.05) is 34.3 Å². The molecule has 154 valence electrons. The number of benzene rings is 1. The number of nitrogens with one attached hydrogen (secondary N) is 1. The summed E-state index contributed by atoms with van der Waals surface area (Å²) in [6.07, 6.45) is 2.04. The van der Waals surface area contributed by atoms with Gasteiger partial charge < -0.3 is 19.5 Å². The fourth-order valence-corrected chi connectivity index (χ4v) is 4.20. The number of aromatic nitrogens is 3. The maximum atomic E-state index is 13.2. The molecule has 0 saturated carbocycles. The summed E-state index contributed by atoms with van der Waals surface area (Å²) in [5.41, 5.74) is 3.80. The van der Waals surface area contributed by atoms with Crippen LogP contribution in [0.4, 0.5) is 0 Å². The Hall–Kier alpha value is -2.80. The Bertz CT molecular complexity index is 1020. The Morgan fingerprint density at radius 1 is 1.34 bits per heavy atom. The third kappa shape index (κ3) is 3.87. The van der Waals surface area contributed by atoms with E-state index in [1.54, 1.807) is 7.11 Å². The molecule has 7 nitrogen and oxygen atoms in total. The van der Waals surface area contributed by atoms with Gasteiger partial charge in [-0.05, 0) is 51.2 Å². The number of aryl methyl sites for hydroxylation is 1. The van der Waals surface area contributed by atoms with Crippen LogP contribution in [-0.4, -0.2) is 64.8 Å². The van der Waals surface area contributed by atoms with Crippen LogP contribution in [-0.2, 0) is 13.6 Å². The molecule has 4 rings (SSSR count). The van der Waals surface area contributed by atoms with E-state index < -0.39 is 0 Å². The number of carbonyl (C=O) groups excluding carboxylic acids is 1. The molecule has 0 unspecified atom stereocenters. The van der Waals surface area contributed by atoms with E-state index in [0.29, 0.717) is 12.2 Å². The summed E-state index contributed by atoms with van der Waals surface area (Å²) in [6, 6.07) is 9.89. The molecule has 0 spiro atoms. The average molecular weight is 396 g/mol. The molecular formula is C22H29N5O2.